The number of carbonyl (C=O) groups is 3. The number of benzene rings is 2. The van der Waals surface area contributed by atoms with Gasteiger partial charge < -0.3 is 20.3 Å². The summed E-state index contributed by atoms with van der Waals surface area (Å²) in [4.78, 5) is 40.4. The molecule has 2 bridgehead atoms. The van der Waals surface area contributed by atoms with E-state index >= 15 is 0 Å². The summed E-state index contributed by atoms with van der Waals surface area (Å²) in [7, 11) is 0. The summed E-state index contributed by atoms with van der Waals surface area (Å²) in [5.74, 6) is 0.637. The lowest BCUT2D eigenvalue weighted by Crippen LogP contribution is -2.54. The second-order valence-electron chi connectivity index (χ2n) is 8.28. The molecule has 31 heavy (non-hydrogen) atoms. The Balaban J connectivity index is 1.39. The molecule has 4 atom stereocenters. The van der Waals surface area contributed by atoms with Crippen LogP contribution in [0.1, 0.15) is 12.8 Å². The number of amides is 3. The van der Waals surface area contributed by atoms with E-state index < -0.39 is 23.9 Å². The summed E-state index contributed by atoms with van der Waals surface area (Å²) in [5.41, 5.74) is 1.20. The maximum atomic E-state index is 13.5. The molecule has 2 aromatic carbocycles. The van der Waals surface area contributed by atoms with Gasteiger partial charge in [-0.3, -0.25) is 9.59 Å². The van der Waals surface area contributed by atoms with E-state index in [1.54, 1.807) is 47.4 Å². The van der Waals surface area contributed by atoms with Crippen LogP contribution in [0, 0.1) is 17.8 Å². The third kappa shape index (κ3) is 3.79. The first-order valence-electron chi connectivity index (χ1n) is 10.5. The molecule has 2 aliphatic carbocycles. The molecule has 7 heteroatoms. The minimum Gasteiger partial charge on any atom is -0.410 e. The fourth-order valence-electron chi connectivity index (χ4n) is 4.80. The smallest absolute Gasteiger partial charge is 0.410 e. The molecule has 5 rings (SSSR count). The van der Waals surface area contributed by atoms with E-state index in [2.05, 4.69) is 22.8 Å². The zero-order chi connectivity index (χ0) is 21.4. The molecule has 0 aromatic heterocycles. The Bertz CT molecular complexity index is 1050. The van der Waals surface area contributed by atoms with Crippen molar-refractivity contribution in [2.45, 2.75) is 18.9 Å². The SMILES string of the molecule is O=C(NC1C(=O)Nc2ccccc2N(CC2CC3C=CC2C3)C1=O)Oc1ccccc1. The number of para-hydroxylation sites is 3. The number of anilines is 2. The Kier molecular flexibility index (Phi) is 4.94. The average Bonchev–Trinajstić information content (AvgIpc) is 3.38. The Hall–Kier alpha value is -3.61. The van der Waals surface area contributed by atoms with Crippen LogP contribution in [0.2, 0.25) is 0 Å². The predicted molar refractivity (Wildman–Crippen MR) is 116 cm³/mol. The Morgan fingerprint density at radius 3 is 2.55 bits per heavy atom. The molecule has 1 aliphatic heterocycles. The van der Waals surface area contributed by atoms with Crippen molar-refractivity contribution in [3.8, 4) is 5.75 Å². The molecule has 3 aliphatic rings. The predicted octanol–water partition coefficient (Wildman–Crippen LogP) is 3.34. The van der Waals surface area contributed by atoms with Gasteiger partial charge in [-0.25, -0.2) is 4.79 Å². The summed E-state index contributed by atoms with van der Waals surface area (Å²) in [5, 5.41) is 5.23. The van der Waals surface area contributed by atoms with Crippen LogP contribution in [-0.4, -0.2) is 30.5 Å². The van der Waals surface area contributed by atoms with Gasteiger partial charge in [0.1, 0.15) is 5.75 Å². The van der Waals surface area contributed by atoms with Crippen LogP contribution in [0.4, 0.5) is 16.2 Å². The van der Waals surface area contributed by atoms with Gasteiger partial charge in [-0.2, -0.15) is 0 Å². The van der Waals surface area contributed by atoms with E-state index in [1.165, 1.54) is 0 Å². The van der Waals surface area contributed by atoms with Gasteiger partial charge in [-0.15, -0.1) is 0 Å². The van der Waals surface area contributed by atoms with Crippen LogP contribution in [0.25, 0.3) is 0 Å². The number of hydrogen-bond donors (Lipinski definition) is 2. The molecule has 158 valence electrons. The van der Waals surface area contributed by atoms with Gasteiger partial charge in [0.2, 0.25) is 0 Å². The minimum absolute atomic E-state index is 0.329. The summed E-state index contributed by atoms with van der Waals surface area (Å²) in [6.45, 7) is 0.502. The van der Waals surface area contributed by atoms with Gasteiger partial charge in [-0.1, -0.05) is 42.5 Å². The third-order valence-electron chi connectivity index (χ3n) is 6.28. The van der Waals surface area contributed by atoms with E-state index in [-0.39, 0.29) is 0 Å². The lowest BCUT2D eigenvalue weighted by Gasteiger charge is -2.29. The van der Waals surface area contributed by atoms with Crippen molar-refractivity contribution in [3.63, 3.8) is 0 Å². The van der Waals surface area contributed by atoms with Gasteiger partial charge in [0, 0.05) is 6.54 Å². The molecular formula is C24H23N3O4. The highest BCUT2D eigenvalue weighted by atomic mass is 16.6. The number of hydrogen-bond acceptors (Lipinski definition) is 4. The molecule has 0 saturated heterocycles. The van der Waals surface area contributed by atoms with Crippen LogP contribution in [0.3, 0.4) is 0 Å². The van der Waals surface area contributed by atoms with Crippen LogP contribution in [0.15, 0.2) is 66.7 Å². The van der Waals surface area contributed by atoms with Gasteiger partial charge in [0.05, 0.1) is 11.4 Å². The molecule has 2 aromatic rings. The standard InChI is InChI=1S/C24H23N3O4/c28-22-21(26-24(30)31-18-6-2-1-3-7-18)23(29)27(20-9-5-4-8-19(20)25-22)14-17-13-15-10-11-16(17)12-15/h1-11,15-17,21H,12-14H2,(H,25,28)(H,26,30). The monoisotopic (exact) mass is 417 g/mol. The van der Waals surface area contributed by atoms with Gasteiger partial charge in [-0.05, 0) is 54.9 Å². The molecule has 1 heterocycles. The van der Waals surface area contributed by atoms with Crippen LogP contribution in [-0.2, 0) is 9.59 Å². The number of ether oxygens (including phenoxy) is 1. The van der Waals surface area contributed by atoms with Crippen molar-refractivity contribution < 1.29 is 19.1 Å². The zero-order valence-corrected chi connectivity index (χ0v) is 16.9. The fourth-order valence-corrected chi connectivity index (χ4v) is 4.80. The second-order valence-corrected chi connectivity index (χ2v) is 8.28. The average molecular weight is 417 g/mol. The number of carbonyl (C=O) groups excluding carboxylic acids is 3. The normalized spacial score (nSPS) is 26.3. The van der Waals surface area contributed by atoms with E-state index in [1.807, 2.05) is 12.1 Å². The minimum atomic E-state index is -1.38. The number of nitrogens with one attached hydrogen (secondary N) is 2. The van der Waals surface area contributed by atoms with E-state index in [4.69, 9.17) is 4.74 Å². The molecule has 0 radical (unpaired) electrons. The Morgan fingerprint density at radius 2 is 1.81 bits per heavy atom. The van der Waals surface area contributed by atoms with E-state index in [0.717, 1.165) is 12.8 Å². The number of rotatable bonds is 4. The van der Waals surface area contributed by atoms with Crippen LogP contribution in [0.5, 0.6) is 5.75 Å². The lowest BCUT2D eigenvalue weighted by molar-refractivity contribution is -0.127. The van der Waals surface area contributed by atoms with Gasteiger partial charge in [0.25, 0.3) is 11.8 Å². The Labute approximate surface area is 180 Å². The molecule has 1 fully saturated rings. The maximum Gasteiger partial charge on any atom is 0.413 e. The number of nitrogens with zero attached hydrogens (tertiary/aromatic N) is 1. The zero-order valence-electron chi connectivity index (χ0n) is 16.9. The first-order chi connectivity index (χ1) is 15.1. The summed E-state index contributed by atoms with van der Waals surface area (Å²) in [6, 6.07) is 14.4. The van der Waals surface area contributed by atoms with Crippen molar-refractivity contribution in [1.29, 1.82) is 0 Å². The van der Waals surface area contributed by atoms with Crippen molar-refractivity contribution in [2.75, 3.05) is 16.8 Å². The van der Waals surface area contributed by atoms with Crippen molar-refractivity contribution in [2.24, 2.45) is 17.8 Å². The fraction of sp³-hybridized carbons (Fsp3) is 0.292. The topological polar surface area (TPSA) is 87.7 Å². The number of fused-ring (bicyclic) bond motifs is 3. The quantitative estimate of drug-likeness (QED) is 0.590. The van der Waals surface area contributed by atoms with E-state index in [9.17, 15) is 14.4 Å². The molecular weight excluding hydrogens is 394 g/mol. The van der Waals surface area contributed by atoms with Crippen LogP contribution < -0.4 is 20.3 Å². The summed E-state index contributed by atoms with van der Waals surface area (Å²) >= 11 is 0. The molecule has 0 spiro atoms. The molecule has 1 saturated carbocycles. The lowest BCUT2D eigenvalue weighted by atomic mass is 9.92. The van der Waals surface area contributed by atoms with Crippen LogP contribution >= 0.6 is 0 Å². The van der Waals surface area contributed by atoms with Crippen molar-refractivity contribution in [3.05, 3.63) is 66.7 Å². The van der Waals surface area contributed by atoms with Crippen molar-refractivity contribution >= 4 is 29.3 Å². The van der Waals surface area contributed by atoms with Gasteiger partial charge >= 0.3 is 6.09 Å². The highest BCUT2D eigenvalue weighted by molar-refractivity contribution is 6.20. The first-order valence-corrected chi connectivity index (χ1v) is 10.5. The molecule has 4 unspecified atom stereocenters. The molecule has 7 nitrogen and oxygen atoms in total. The van der Waals surface area contributed by atoms with Gasteiger partial charge in [0.15, 0.2) is 6.04 Å². The maximum absolute atomic E-state index is 13.5. The highest BCUT2D eigenvalue weighted by Crippen LogP contribution is 2.44. The summed E-state index contributed by atoms with van der Waals surface area (Å²) < 4.78 is 5.23. The highest BCUT2D eigenvalue weighted by Gasteiger charge is 2.42. The summed E-state index contributed by atoms with van der Waals surface area (Å²) in [6.07, 6.45) is 5.80. The number of allylic oxidation sites excluding steroid dienone is 2. The van der Waals surface area contributed by atoms with Crippen molar-refractivity contribution in [1.82, 2.24) is 5.32 Å². The van der Waals surface area contributed by atoms with E-state index in [0.29, 0.717) is 41.4 Å². The molecule has 2 N–H and O–H groups in total. The molecule has 3 amide bonds. The second kappa shape index (κ2) is 7.91. The third-order valence-corrected chi connectivity index (χ3v) is 6.28. The first kappa shape index (κ1) is 19.4. The Morgan fingerprint density at radius 1 is 1.03 bits per heavy atom. The largest absolute Gasteiger partial charge is 0.413 e.